The summed E-state index contributed by atoms with van der Waals surface area (Å²) in [5, 5.41) is 3.12. The van der Waals surface area contributed by atoms with Gasteiger partial charge in [-0.1, -0.05) is 61.7 Å². The van der Waals surface area contributed by atoms with Gasteiger partial charge < -0.3 is 10.2 Å². The van der Waals surface area contributed by atoms with Crippen molar-refractivity contribution in [2.24, 2.45) is 0 Å². The second-order valence-corrected chi connectivity index (χ2v) is 11.8. The van der Waals surface area contributed by atoms with E-state index in [1.165, 1.54) is 11.3 Å². The number of nitrogens with one attached hydrogen (secondary N) is 1. The van der Waals surface area contributed by atoms with Crippen molar-refractivity contribution in [1.82, 2.24) is 10.2 Å². The first kappa shape index (κ1) is 27.7. The standard InChI is InChI=1S/C28H39N3O4S/c1-21-15-16-22(2)26(19-21)31(36(4,34)35)20-27(32)30(18-17-24-11-7-5-8-12-24)23(3)28(33)29-25-13-9-6-10-14-25/h5,7-8,11-12,15-16,19,23,25H,6,9-10,13-14,17-18,20H2,1-4H3,(H,29,33). The van der Waals surface area contributed by atoms with E-state index in [0.717, 1.165) is 52.9 Å². The van der Waals surface area contributed by atoms with E-state index in [-0.39, 0.29) is 18.5 Å². The van der Waals surface area contributed by atoms with Gasteiger partial charge in [0.25, 0.3) is 0 Å². The van der Waals surface area contributed by atoms with Gasteiger partial charge in [-0.15, -0.1) is 0 Å². The number of amides is 2. The summed E-state index contributed by atoms with van der Waals surface area (Å²) in [5.74, 6) is -0.593. The number of carbonyl (C=O) groups excluding carboxylic acids is 2. The lowest BCUT2D eigenvalue weighted by atomic mass is 9.95. The number of aryl methyl sites for hydroxylation is 2. The Balaban J connectivity index is 1.84. The van der Waals surface area contributed by atoms with Crippen molar-refractivity contribution in [1.29, 1.82) is 0 Å². The molecule has 1 aliphatic rings. The zero-order valence-electron chi connectivity index (χ0n) is 21.9. The third kappa shape index (κ3) is 7.56. The molecule has 196 valence electrons. The smallest absolute Gasteiger partial charge is 0.244 e. The second-order valence-electron chi connectivity index (χ2n) is 9.90. The van der Waals surface area contributed by atoms with Crippen molar-refractivity contribution in [2.75, 3.05) is 23.7 Å². The Kier molecular flexibility index (Phi) is 9.54. The van der Waals surface area contributed by atoms with Gasteiger partial charge in [0.2, 0.25) is 21.8 Å². The van der Waals surface area contributed by atoms with Crippen LogP contribution in [0.1, 0.15) is 55.7 Å². The van der Waals surface area contributed by atoms with Crippen molar-refractivity contribution in [2.45, 2.75) is 71.4 Å². The molecule has 2 amide bonds. The molecule has 1 unspecified atom stereocenters. The number of sulfonamides is 1. The van der Waals surface area contributed by atoms with Gasteiger partial charge in [0.1, 0.15) is 12.6 Å². The molecule has 8 heteroatoms. The minimum atomic E-state index is -3.74. The number of hydrogen-bond donors (Lipinski definition) is 1. The van der Waals surface area contributed by atoms with Crippen LogP contribution in [0.3, 0.4) is 0 Å². The first-order chi connectivity index (χ1) is 17.1. The Bertz CT molecular complexity index is 1140. The third-order valence-corrected chi connectivity index (χ3v) is 8.04. The highest BCUT2D eigenvalue weighted by atomic mass is 32.2. The van der Waals surface area contributed by atoms with Crippen LogP contribution in [-0.4, -0.2) is 56.6 Å². The van der Waals surface area contributed by atoms with Gasteiger partial charge in [0.15, 0.2) is 0 Å². The second kappa shape index (κ2) is 12.4. The average Bonchev–Trinajstić information content (AvgIpc) is 2.84. The summed E-state index contributed by atoms with van der Waals surface area (Å²) in [6.07, 6.45) is 6.94. The van der Waals surface area contributed by atoms with Gasteiger partial charge in [-0.05, 0) is 62.8 Å². The number of rotatable bonds is 10. The van der Waals surface area contributed by atoms with Gasteiger partial charge >= 0.3 is 0 Å². The molecule has 3 rings (SSSR count). The molecule has 1 fully saturated rings. The predicted molar refractivity (Wildman–Crippen MR) is 144 cm³/mol. The molecule has 0 radical (unpaired) electrons. The number of anilines is 1. The maximum Gasteiger partial charge on any atom is 0.244 e. The number of benzene rings is 2. The first-order valence-electron chi connectivity index (χ1n) is 12.7. The Labute approximate surface area is 215 Å². The van der Waals surface area contributed by atoms with Crippen LogP contribution < -0.4 is 9.62 Å². The Hall–Kier alpha value is -2.87. The fourth-order valence-electron chi connectivity index (χ4n) is 4.72. The average molecular weight is 514 g/mol. The van der Waals surface area contributed by atoms with Crippen LogP contribution in [0.4, 0.5) is 5.69 Å². The lowest BCUT2D eigenvalue weighted by molar-refractivity contribution is -0.139. The zero-order chi connectivity index (χ0) is 26.3. The minimum Gasteiger partial charge on any atom is -0.352 e. The van der Waals surface area contributed by atoms with Gasteiger partial charge in [-0.25, -0.2) is 8.42 Å². The predicted octanol–water partition coefficient (Wildman–Crippen LogP) is 3.98. The molecule has 2 aromatic rings. The zero-order valence-corrected chi connectivity index (χ0v) is 22.7. The normalized spacial score (nSPS) is 15.2. The van der Waals surface area contributed by atoms with Crippen molar-refractivity contribution in [3.8, 4) is 0 Å². The summed E-state index contributed by atoms with van der Waals surface area (Å²) in [5.41, 5.74) is 3.19. The van der Waals surface area contributed by atoms with Crippen LogP contribution in [0, 0.1) is 13.8 Å². The molecule has 7 nitrogen and oxygen atoms in total. The monoisotopic (exact) mass is 513 g/mol. The van der Waals surface area contributed by atoms with E-state index >= 15 is 0 Å². The highest BCUT2D eigenvalue weighted by molar-refractivity contribution is 7.92. The largest absolute Gasteiger partial charge is 0.352 e. The molecule has 1 saturated carbocycles. The number of carbonyl (C=O) groups is 2. The van der Waals surface area contributed by atoms with Gasteiger partial charge in [-0.3, -0.25) is 13.9 Å². The van der Waals surface area contributed by atoms with Crippen molar-refractivity contribution in [3.05, 3.63) is 65.2 Å². The van der Waals surface area contributed by atoms with Crippen LogP contribution >= 0.6 is 0 Å². The fourth-order valence-corrected chi connectivity index (χ4v) is 5.62. The van der Waals surface area contributed by atoms with Gasteiger partial charge in [0.05, 0.1) is 11.9 Å². The molecule has 1 N–H and O–H groups in total. The van der Waals surface area contributed by atoms with Crippen molar-refractivity contribution in [3.63, 3.8) is 0 Å². The van der Waals surface area contributed by atoms with Crippen LogP contribution in [0.15, 0.2) is 48.5 Å². The highest BCUT2D eigenvalue weighted by Crippen LogP contribution is 2.24. The quantitative estimate of drug-likeness (QED) is 0.521. The number of hydrogen-bond acceptors (Lipinski definition) is 4. The van der Waals surface area contributed by atoms with E-state index in [0.29, 0.717) is 18.7 Å². The van der Waals surface area contributed by atoms with E-state index in [9.17, 15) is 18.0 Å². The Morgan fingerprint density at radius 1 is 1.03 bits per heavy atom. The molecule has 36 heavy (non-hydrogen) atoms. The van der Waals surface area contributed by atoms with Crippen LogP contribution in [-0.2, 0) is 26.0 Å². The van der Waals surface area contributed by atoms with Crippen LogP contribution in [0.25, 0.3) is 0 Å². The van der Waals surface area contributed by atoms with Crippen molar-refractivity contribution < 1.29 is 18.0 Å². The van der Waals surface area contributed by atoms with Crippen molar-refractivity contribution >= 4 is 27.5 Å². The van der Waals surface area contributed by atoms with E-state index in [1.807, 2.05) is 56.3 Å². The number of nitrogens with zero attached hydrogens (tertiary/aromatic N) is 2. The molecule has 2 aromatic carbocycles. The minimum absolute atomic E-state index is 0.127. The van der Waals surface area contributed by atoms with E-state index in [4.69, 9.17) is 0 Å². The molecule has 0 bridgehead atoms. The van der Waals surface area contributed by atoms with E-state index in [1.54, 1.807) is 13.0 Å². The van der Waals surface area contributed by atoms with E-state index in [2.05, 4.69) is 5.32 Å². The third-order valence-electron chi connectivity index (χ3n) is 6.92. The molecule has 0 aliphatic heterocycles. The van der Waals surface area contributed by atoms with Crippen LogP contribution in [0.2, 0.25) is 0 Å². The molecule has 1 atom stereocenters. The Morgan fingerprint density at radius 2 is 1.69 bits per heavy atom. The topological polar surface area (TPSA) is 86.8 Å². The molecule has 0 aromatic heterocycles. The molecule has 1 aliphatic carbocycles. The lowest BCUT2D eigenvalue weighted by Crippen LogP contribution is -2.53. The maximum atomic E-state index is 13.7. The SMILES string of the molecule is Cc1ccc(C)c(N(CC(=O)N(CCc2ccccc2)C(C)C(=O)NC2CCCCC2)S(C)(=O)=O)c1. The maximum absolute atomic E-state index is 13.7. The first-order valence-corrected chi connectivity index (χ1v) is 14.6. The fraction of sp³-hybridized carbons (Fsp3) is 0.500. The summed E-state index contributed by atoms with van der Waals surface area (Å²) >= 11 is 0. The molecular weight excluding hydrogens is 474 g/mol. The lowest BCUT2D eigenvalue weighted by Gasteiger charge is -2.33. The van der Waals surface area contributed by atoms with Gasteiger partial charge in [-0.2, -0.15) is 0 Å². The van der Waals surface area contributed by atoms with Crippen LogP contribution in [0.5, 0.6) is 0 Å². The molecule has 0 heterocycles. The Morgan fingerprint density at radius 3 is 2.33 bits per heavy atom. The highest BCUT2D eigenvalue weighted by Gasteiger charge is 2.31. The summed E-state index contributed by atoms with van der Waals surface area (Å²) < 4.78 is 26.7. The van der Waals surface area contributed by atoms with E-state index < -0.39 is 22.0 Å². The summed E-state index contributed by atoms with van der Waals surface area (Å²) in [4.78, 5) is 28.4. The molecule has 0 spiro atoms. The molecular formula is C28H39N3O4S. The molecule has 0 saturated heterocycles. The summed E-state index contributed by atoms with van der Waals surface area (Å²) in [6.45, 7) is 5.38. The summed E-state index contributed by atoms with van der Waals surface area (Å²) in [6, 6.07) is 14.7. The summed E-state index contributed by atoms with van der Waals surface area (Å²) in [7, 11) is -3.74. The van der Waals surface area contributed by atoms with Gasteiger partial charge in [0, 0.05) is 12.6 Å².